The molecule has 0 bridgehead atoms. The van der Waals surface area contributed by atoms with Gasteiger partial charge in [0.05, 0.1) is 13.2 Å². The van der Waals surface area contributed by atoms with Gasteiger partial charge in [-0.1, -0.05) is 18.2 Å². The van der Waals surface area contributed by atoms with Crippen LogP contribution >= 0.6 is 12.2 Å². The Morgan fingerprint density at radius 1 is 1.42 bits per heavy atom. The first-order chi connectivity index (χ1) is 9.29. The van der Waals surface area contributed by atoms with Gasteiger partial charge < -0.3 is 20.1 Å². The van der Waals surface area contributed by atoms with Crippen LogP contribution in [0.4, 0.5) is 0 Å². The molecule has 1 aromatic carbocycles. The highest BCUT2D eigenvalue weighted by Gasteiger charge is 2.15. The van der Waals surface area contributed by atoms with Crippen LogP contribution in [0.1, 0.15) is 18.4 Å². The average molecular weight is 280 g/mol. The molecule has 5 heteroatoms. The molecule has 2 rings (SSSR count). The molecule has 19 heavy (non-hydrogen) atoms. The summed E-state index contributed by atoms with van der Waals surface area (Å²) in [6.45, 7) is 2.30. The van der Waals surface area contributed by atoms with Crippen molar-refractivity contribution >= 4 is 17.3 Å². The minimum Gasteiger partial charge on any atom is -0.496 e. The lowest BCUT2D eigenvalue weighted by atomic mass is 10.2. The fourth-order valence-electron chi connectivity index (χ4n) is 2.10. The van der Waals surface area contributed by atoms with Crippen molar-refractivity contribution in [3.05, 3.63) is 29.8 Å². The van der Waals surface area contributed by atoms with Gasteiger partial charge in [-0.3, -0.25) is 0 Å². The maximum absolute atomic E-state index is 5.53. The number of methoxy groups -OCH3 is 1. The van der Waals surface area contributed by atoms with Gasteiger partial charge >= 0.3 is 0 Å². The highest BCUT2D eigenvalue weighted by Crippen LogP contribution is 2.16. The Morgan fingerprint density at radius 2 is 2.26 bits per heavy atom. The molecule has 0 unspecified atom stereocenters. The number of hydrogen-bond acceptors (Lipinski definition) is 3. The van der Waals surface area contributed by atoms with Gasteiger partial charge in [-0.2, -0.15) is 0 Å². The van der Waals surface area contributed by atoms with Crippen molar-refractivity contribution in [2.45, 2.75) is 25.5 Å². The molecular weight excluding hydrogens is 260 g/mol. The Balaban J connectivity index is 1.73. The SMILES string of the molecule is COc1ccccc1CNC(=S)NC[C@H]1CCCO1. The van der Waals surface area contributed by atoms with Crippen molar-refractivity contribution in [2.24, 2.45) is 0 Å². The van der Waals surface area contributed by atoms with Crippen molar-refractivity contribution in [3.63, 3.8) is 0 Å². The molecule has 0 spiro atoms. The molecular formula is C14H20N2O2S. The molecule has 2 N–H and O–H groups in total. The quantitative estimate of drug-likeness (QED) is 0.806. The van der Waals surface area contributed by atoms with E-state index in [-0.39, 0.29) is 0 Å². The lowest BCUT2D eigenvalue weighted by Gasteiger charge is -2.15. The maximum atomic E-state index is 5.53. The van der Waals surface area contributed by atoms with E-state index in [4.69, 9.17) is 21.7 Å². The van der Waals surface area contributed by atoms with Gasteiger partial charge in [-0.25, -0.2) is 0 Å². The monoisotopic (exact) mass is 280 g/mol. The molecule has 0 amide bonds. The highest BCUT2D eigenvalue weighted by atomic mass is 32.1. The van der Waals surface area contributed by atoms with E-state index in [1.54, 1.807) is 7.11 Å². The van der Waals surface area contributed by atoms with Crippen LogP contribution in [-0.4, -0.2) is 31.5 Å². The van der Waals surface area contributed by atoms with Crippen molar-refractivity contribution in [3.8, 4) is 5.75 Å². The summed E-state index contributed by atoms with van der Waals surface area (Å²) in [4.78, 5) is 0. The van der Waals surface area contributed by atoms with Crippen molar-refractivity contribution in [2.75, 3.05) is 20.3 Å². The van der Waals surface area contributed by atoms with Gasteiger partial charge in [0.15, 0.2) is 5.11 Å². The van der Waals surface area contributed by atoms with Crippen LogP contribution in [0, 0.1) is 0 Å². The van der Waals surface area contributed by atoms with Crippen LogP contribution in [0.2, 0.25) is 0 Å². The number of benzene rings is 1. The first-order valence-electron chi connectivity index (χ1n) is 6.55. The van der Waals surface area contributed by atoms with E-state index < -0.39 is 0 Å². The first-order valence-corrected chi connectivity index (χ1v) is 6.95. The molecule has 1 fully saturated rings. The molecule has 0 aromatic heterocycles. The molecule has 0 radical (unpaired) electrons. The third-order valence-corrected chi connectivity index (χ3v) is 3.43. The Hall–Kier alpha value is -1.33. The number of hydrogen-bond donors (Lipinski definition) is 2. The van der Waals surface area contributed by atoms with Crippen LogP contribution < -0.4 is 15.4 Å². The standard InChI is InChI=1S/C14H20N2O2S/c1-17-13-7-3-2-5-11(13)9-15-14(19)16-10-12-6-4-8-18-12/h2-3,5,7,12H,4,6,8-10H2,1H3,(H2,15,16,19)/t12-/m1/s1. The summed E-state index contributed by atoms with van der Waals surface area (Å²) < 4.78 is 10.8. The van der Waals surface area contributed by atoms with Crippen LogP contribution in [0.15, 0.2) is 24.3 Å². The third-order valence-electron chi connectivity index (χ3n) is 3.15. The fourth-order valence-corrected chi connectivity index (χ4v) is 2.25. The molecule has 1 atom stereocenters. The second-order valence-electron chi connectivity index (χ2n) is 4.51. The molecule has 0 aliphatic carbocycles. The zero-order chi connectivity index (χ0) is 13.5. The highest BCUT2D eigenvalue weighted by molar-refractivity contribution is 7.80. The maximum Gasteiger partial charge on any atom is 0.166 e. The summed E-state index contributed by atoms with van der Waals surface area (Å²) in [6.07, 6.45) is 2.56. The summed E-state index contributed by atoms with van der Waals surface area (Å²) in [5.74, 6) is 0.872. The van der Waals surface area contributed by atoms with Gasteiger partial charge in [-0.05, 0) is 31.1 Å². The van der Waals surface area contributed by atoms with Crippen LogP contribution in [0.3, 0.4) is 0 Å². The average Bonchev–Trinajstić information content (AvgIpc) is 2.96. The van der Waals surface area contributed by atoms with Gasteiger partial charge in [0.25, 0.3) is 0 Å². The van der Waals surface area contributed by atoms with E-state index in [0.29, 0.717) is 17.8 Å². The molecule has 4 nitrogen and oxygen atoms in total. The van der Waals surface area contributed by atoms with Crippen molar-refractivity contribution < 1.29 is 9.47 Å². The molecule has 0 saturated carbocycles. The molecule has 104 valence electrons. The van der Waals surface area contributed by atoms with Gasteiger partial charge in [0, 0.05) is 25.3 Å². The summed E-state index contributed by atoms with van der Waals surface area (Å²) >= 11 is 5.25. The lowest BCUT2D eigenvalue weighted by molar-refractivity contribution is 0.114. The van der Waals surface area contributed by atoms with E-state index in [1.165, 1.54) is 0 Å². The van der Waals surface area contributed by atoms with Crippen molar-refractivity contribution in [1.82, 2.24) is 10.6 Å². The molecule has 1 saturated heterocycles. The van der Waals surface area contributed by atoms with E-state index in [2.05, 4.69) is 10.6 Å². The van der Waals surface area contributed by atoms with Crippen LogP contribution in [0.5, 0.6) is 5.75 Å². The third kappa shape index (κ3) is 4.36. The van der Waals surface area contributed by atoms with E-state index in [9.17, 15) is 0 Å². The lowest BCUT2D eigenvalue weighted by Crippen LogP contribution is -2.39. The zero-order valence-electron chi connectivity index (χ0n) is 11.1. The van der Waals surface area contributed by atoms with E-state index in [0.717, 1.165) is 37.3 Å². The largest absolute Gasteiger partial charge is 0.496 e. The minimum absolute atomic E-state index is 0.297. The zero-order valence-corrected chi connectivity index (χ0v) is 12.0. The molecule has 1 aliphatic heterocycles. The first kappa shape index (κ1) is 14.1. The predicted molar refractivity (Wildman–Crippen MR) is 79.4 cm³/mol. The predicted octanol–water partition coefficient (Wildman–Crippen LogP) is 1.84. The molecule has 1 heterocycles. The Bertz CT molecular complexity index is 420. The Morgan fingerprint density at radius 3 is 3.00 bits per heavy atom. The topological polar surface area (TPSA) is 42.5 Å². The second kappa shape index (κ2) is 7.31. The summed E-state index contributed by atoms with van der Waals surface area (Å²) in [5, 5.41) is 7.02. The molecule has 1 aromatic rings. The number of para-hydroxylation sites is 1. The second-order valence-corrected chi connectivity index (χ2v) is 4.92. The number of ether oxygens (including phenoxy) is 2. The van der Waals surface area contributed by atoms with E-state index >= 15 is 0 Å². The minimum atomic E-state index is 0.297. The summed E-state index contributed by atoms with van der Waals surface area (Å²) in [5.41, 5.74) is 1.09. The van der Waals surface area contributed by atoms with Gasteiger partial charge in [-0.15, -0.1) is 0 Å². The fraction of sp³-hybridized carbons (Fsp3) is 0.500. The van der Waals surface area contributed by atoms with Crippen LogP contribution in [-0.2, 0) is 11.3 Å². The van der Waals surface area contributed by atoms with Crippen molar-refractivity contribution in [1.29, 1.82) is 0 Å². The number of rotatable bonds is 5. The Labute approximate surface area is 119 Å². The normalized spacial score (nSPS) is 18.1. The smallest absolute Gasteiger partial charge is 0.166 e. The number of thiocarbonyl (C=S) groups is 1. The van der Waals surface area contributed by atoms with Gasteiger partial charge in [0.2, 0.25) is 0 Å². The number of nitrogens with one attached hydrogen (secondary N) is 2. The van der Waals surface area contributed by atoms with Crippen LogP contribution in [0.25, 0.3) is 0 Å². The summed E-state index contributed by atoms with van der Waals surface area (Å²) in [7, 11) is 1.67. The Kier molecular flexibility index (Phi) is 5.42. The van der Waals surface area contributed by atoms with Gasteiger partial charge in [0.1, 0.15) is 5.75 Å². The molecule has 1 aliphatic rings. The van der Waals surface area contributed by atoms with E-state index in [1.807, 2.05) is 24.3 Å². The summed E-state index contributed by atoms with van der Waals surface area (Å²) in [6, 6.07) is 7.91.